The molecule has 3 aromatic rings. The molecule has 1 aliphatic heterocycles. The van der Waals surface area contributed by atoms with Crippen molar-refractivity contribution in [3.05, 3.63) is 85.8 Å². The minimum atomic E-state index is -0.499. The van der Waals surface area contributed by atoms with Gasteiger partial charge in [0.15, 0.2) is 11.5 Å². The van der Waals surface area contributed by atoms with Crippen LogP contribution >= 0.6 is 39.1 Å². The van der Waals surface area contributed by atoms with E-state index in [2.05, 4.69) is 31.8 Å². The average molecular weight is 579 g/mol. The maximum atomic E-state index is 12.3. The predicted molar refractivity (Wildman–Crippen MR) is 136 cm³/mol. The largest absolute Gasteiger partial charge is 0.488 e. The van der Waals surface area contributed by atoms with Gasteiger partial charge in [-0.05, 0) is 48.5 Å². The summed E-state index contributed by atoms with van der Waals surface area (Å²) >= 11 is 15.6. The Hall–Kier alpha value is -3.27. The highest BCUT2D eigenvalue weighted by molar-refractivity contribution is 9.10. The minimum absolute atomic E-state index is 0.112. The maximum absolute atomic E-state index is 12.3. The van der Waals surface area contributed by atoms with Crippen LogP contribution in [0.2, 0.25) is 10.0 Å². The zero-order chi connectivity index (χ0) is 24.8. The van der Waals surface area contributed by atoms with Gasteiger partial charge in [0, 0.05) is 31.2 Å². The van der Waals surface area contributed by atoms with E-state index in [1.165, 1.54) is 6.21 Å². The van der Waals surface area contributed by atoms with Crippen molar-refractivity contribution >= 4 is 57.2 Å². The van der Waals surface area contributed by atoms with Gasteiger partial charge in [0.25, 0.3) is 11.8 Å². The van der Waals surface area contributed by atoms with Crippen LogP contribution in [-0.2, 0) is 11.4 Å². The van der Waals surface area contributed by atoms with Gasteiger partial charge in [-0.1, -0.05) is 45.2 Å². The molecule has 0 atom stereocenters. The van der Waals surface area contributed by atoms with Gasteiger partial charge in [0.1, 0.15) is 12.4 Å². The Kier molecular flexibility index (Phi) is 8.12. The lowest BCUT2D eigenvalue weighted by Crippen LogP contribution is -2.34. The third-order valence-electron chi connectivity index (χ3n) is 4.81. The normalized spacial score (nSPS) is 12.0. The van der Waals surface area contributed by atoms with Crippen LogP contribution in [-0.4, -0.2) is 31.4 Å². The van der Waals surface area contributed by atoms with Gasteiger partial charge in [-0.2, -0.15) is 5.10 Å². The van der Waals surface area contributed by atoms with Gasteiger partial charge < -0.3 is 19.5 Å². The summed E-state index contributed by atoms with van der Waals surface area (Å²) in [6.07, 6.45) is 1.45. The number of carbonyl (C=O) groups is 2. The first-order valence-corrected chi connectivity index (χ1v) is 11.8. The number of hydrazone groups is 1. The topological polar surface area (TPSA) is 98.3 Å². The van der Waals surface area contributed by atoms with Crippen LogP contribution in [0.15, 0.2) is 64.2 Å². The van der Waals surface area contributed by atoms with Crippen LogP contribution in [0, 0.1) is 0 Å². The van der Waals surface area contributed by atoms with Crippen molar-refractivity contribution in [2.24, 2.45) is 5.10 Å². The molecule has 3 aromatic carbocycles. The molecule has 11 heteroatoms. The summed E-state index contributed by atoms with van der Waals surface area (Å²) in [6.45, 7) is 0.0681. The molecule has 2 amide bonds. The van der Waals surface area contributed by atoms with Crippen molar-refractivity contribution in [1.29, 1.82) is 0 Å². The highest BCUT2D eigenvalue weighted by Gasteiger charge is 2.16. The summed E-state index contributed by atoms with van der Waals surface area (Å²) in [4.78, 5) is 24.4. The molecule has 0 fully saturated rings. The van der Waals surface area contributed by atoms with Crippen molar-refractivity contribution in [2.45, 2.75) is 6.61 Å². The van der Waals surface area contributed by atoms with E-state index < -0.39 is 11.8 Å². The molecule has 0 bridgehead atoms. The van der Waals surface area contributed by atoms with Crippen molar-refractivity contribution in [2.75, 3.05) is 13.3 Å². The van der Waals surface area contributed by atoms with Crippen LogP contribution in [0.5, 0.6) is 17.2 Å². The molecule has 0 unspecified atom stereocenters. The number of hydrogen-bond acceptors (Lipinski definition) is 6. The Morgan fingerprint density at radius 1 is 1.06 bits per heavy atom. The van der Waals surface area contributed by atoms with Gasteiger partial charge in [0.05, 0.1) is 12.8 Å². The summed E-state index contributed by atoms with van der Waals surface area (Å²) in [6, 6.07) is 15.3. The van der Waals surface area contributed by atoms with Crippen molar-refractivity contribution in [1.82, 2.24) is 10.7 Å². The second-order valence-corrected chi connectivity index (χ2v) is 9.01. The molecule has 2 N–H and O–H groups in total. The highest BCUT2D eigenvalue weighted by atomic mass is 79.9. The molecular weight excluding hydrogens is 561 g/mol. The average Bonchev–Trinajstić information content (AvgIpc) is 3.31. The molecule has 180 valence electrons. The molecule has 0 radical (unpaired) electrons. The fraction of sp³-hybridized carbons (Fsp3) is 0.125. The van der Waals surface area contributed by atoms with E-state index in [1.54, 1.807) is 48.5 Å². The zero-order valence-electron chi connectivity index (χ0n) is 18.0. The Morgan fingerprint density at radius 2 is 1.89 bits per heavy atom. The number of benzene rings is 3. The van der Waals surface area contributed by atoms with Crippen LogP contribution in [0.4, 0.5) is 0 Å². The Balaban J connectivity index is 1.31. The number of nitrogens with zero attached hydrogens (tertiary/aromatic N) is 1. The number of rotatable bonds is 8. The zero-order valence-corrected chi connectivity index (χ0v) is 21.1. The number of fused-ring (bicyclic) bond motifs is 1. The molecule has 4 rings (SSSR count). The first kappa shape index (κ1) is 24.8. The summed E-state index contributed by atoms with van der Waals surface area (Å²) in [5.74, 6) is 0.665. The number of ether oxygens (including phenoxy) is 3. The van der Waals surface area contributed by atoms with Crippen LogP contribution in [0.1, 0.15) is 21.5 Å². The number of carbonyl (C=O) groups excluding carboxylic acids is 2. The van der Waals surface area contributed by atoms with E-state index in [0.29, 0.717) is 38.4 Å². The molecule has 0 spiro atoms. The van der Waals surface area contributed by atoms with Gasteiger partial charge in [-0.15, -0.1) is 0 Å². The highest BCUT2D eigenvalue weighted by Crippen LogP contribution is 2.32. The second-order valence-electron chi connectivity index (χ2n) is 7.25. The predicted octanol–water partition coefficient (Wildman–Crippen LogP) is 4.94. The van der Waals surface area contributed by atoms with Gasteiger partial charge in [0.2, 0.25) is 6.79 Å². The molecule has 1 aliphatic rings. The number of hydrogen-bond donors (Lipinski definition) is 2. The van der Waals surface area contributed by atoms with E-state index in [0.717, 1.165) is 10.0 Å². The lowest BCUT2D eigenvalue weighted by Gasteiger charge is -2.11. The third-order valence-corrected chi connectivity index (χ3v) is 5.89. The fourth-order valence-corrected chi connectivity index (χ4v) is 3.90. The van der Waals surface area contributed by atoms with E-state index in [4.69, 9.17) is 37.4 Å². The van der Waals surface area contributed by atoms with Gasteiger partial charge in [-0.25, -0.2) is 5.43 Å². The number of halogens is 3. The van der Waals surface area contributed by atoms with Crippen molar-refractivity contribution in [3.63, 3.8) is 0 Å². The van der Waals surface area contributed by atoms with E-state index in [9.17, 15) is 9.59 Å². The monoisotopic (exact) mass is 577 g/mol. The van der Waals surface area contributed by atoms with Gasteiger partial charge in [-0.3, -0.25) is 9.59 Å². The van der Waals surface area contributed by atoms with Crippen molar-refractivity contribution in [3.8, 4) is 17.2 Å². The standard InChI is InChI=1S/C24H18BrCl2N3O5/c25-17-3-6-20(33-12-15-1-4-18(26)9-19(15)27)16(7-17)10-29-30-23(31)11-28-24(32)14-2-5-21-22(8-14)35-13-34-21/h1-10H,11-13H2,(H,28,32)(H,30,31)/b29-10+. The molecule has 0 aliphatic carbocycles. The van der Waals surface area contributed by atoms with E-state index in [1.807, 2.05) is 6.07 Å². The summed E-state index contributed by atoms with van der Waals surface area (Å²) in [5.41, 5.74) is 4.12. The second kappa shape index (κ2) is 11.4. The Labute approximate surface area is 219 Å². The fourth-order valence-electron chi connectivity index (χ4n) is 3.06. The lowest BCUT2D eigenvalue weighted by molar-refractivity contribution is -0.120. The maximum Gasteiger partial charge on any atom is 0.259 e. The Morgan fingerprint density at radius 3 is 2.71 bits per heavy atom. The van der Waals surface area contributed by atoms with Crippen LogP contribution in [0.3, 0.4) is 0 Å². The summed E-state index contributed by atoms with van der Waals surface area (Å²) in [5, 5.41) is 7.54. The van der Waals surface area contributed by atoms with E-state index >= 15 is 0 Å². The van der Waals surface area contributed by atoms with Gasteiger partial charge >= 0.3 is 0 Å². The first-order valence-electron chi connectivity index (χ1n) is 10.2. The molecule has 1 heterocycles. The lowest BCUT2D eigenvalue weighted by atomic mass is 10.2. The molecular formula is C24H18BrCl2N3O5. The Bertz CT molecular complexity index is 1300. The molecule has 0 saturated heterocycles. The smallest absolute Gasteiger partial charge is 0.259 e. The van der Waals surface area contributed by atoms with Crippen molar-refractivity contribution < 1.29 is 23.8 Å². The molecule has 0 saturated carbocycles. The summed E-state index contributed by atoms with van der Waals surface area (Å²) in [7, 11) is 0. The molecule has 35 heavy (non-hydrogen) atoms. The number of amides is 2. The number of nitrogens with one attached hydrogen (secondary N) is 2. The van der Waals surface area contributed by atoms with E-state index in [-0.39, 0.29) is 19.9 Å². The molecule has 8 nitrogen and oxygen atoms in total. The van der Waals surface area contributed by atoms with Crippen LogP contribution < -0.4 is 25.0 Å². The SMILES string of the molecule is O=C(CNC(=O)c1ccc2c(c1)OCO2)N/N=C/c1cc(Br)ccc1OCc1ccc(Cl)cc1Cl. The third kappa shape index (κ3) is 6.66. The summed E-state index contributed by atoms with van der Waals surface area (Å²) < 4.78 is 17.2. The minimum Gasteiger partial charge on any atom is -0.488 e. The first-order chi connectivity index (χ1) is 16.9. The molecule has 0 aromatic heterocycles. The quantitative estimate of drug-likeness (QED) is 0.291. The van der Waals surface area contributed by atoms with Crippen LogP contribution in [0.25, 0.3) is 0 Å².